The molecule has 0 spiro atoms. The van der Waals surface area contributed by atoms with Gasteiger partial charge in [-0.05, 0) is 55.8 Å². The Morgan fingerprint density at radius 2 is 1.83 bits per heavy atom. The van der Waals surface area contributed by atoms with Crippen LogP contribution in [0.5, 0.6) is 0 Å². The highest BCUT2D eigenvalue weighted by atomic mass is 79.9. The fourth-order valence-electron chi connectivity index (χ4n) is 2.59. The van der Waals surface area contributed by atoms with Gasteiger partial charge in [-0.15, -0.1) is 12.4 Å². The van der Waals surface area contributed by atoms with Crippen LogP contribution >= 0.6 is 28.3 Å². The molecule has 0 aliphatic rings. The fraction of sp³-hybridized carbons (Fsp3) is 0.474. The number of benzene rings is 1. The zero-order valence-corrected chi connectivity index (χ0v) is 16.4. The van der Waals surface area contributed by atoms with E-state index >= 15 is 0 Å². The summed E-state index contributed by atoms with van der Waals surface area (Å²) < 4.78 is 7.06. The van der Waals surface area contributed by atoms with Gasteiger partial charge in [0.25, 0.3) is 0 Å². The van der Waals surface area contributed by atoms with Crippen LogP contribution in [0.15, 0.2) is 39.2 Å². The summed E-state index contributed by atoms with van der Waals surface area (Å²) in [6.07, 6.45) is 6.58. The summed E-state index contributed by atoms with van der Waals surface area (Å²) >= 11 is 3.50. The minimum atomic E-state index is 0. The lowest BCUT2D eigenvalue weighted by molar-refractivity contribution is 0.486. The second-order valence-electron chi connectivity index (χ2n) is 5.82. The summed E-state index contributed by atoms with van der Waals surface area (Å²) in [6, 6.07) is 10.4. The van der Waals surface area contributed by atoms with Gasteiger partial charge in [-0.3, -0.25) is 0 Å². The molecule has 0 amide bonds. The first-order valence-electron chi connectivity index (χ1n) is 8.26. The average Bonchev–Trinajstić information content (AvgIpc) is 2.95. The number of rotatable bonds is 9. The molecular weight excluding hydrogens is 374 g/mol. The van der Waals surface area contributed by atoms with E-state index < -0.39 is 0 Å². The summed E-state index contributed by atoms with van der Waals surface area (Å²) in [5.74, 6) is 1.95. The maximum atomic E-state index is 5.96. The predicted molar refractivity (Wildman–Crippen MR) is 104 cm³/mol. The monoisotopic (exact) mass is 399 g/mol. The van der Waals surface area contributed by atoms with Crippen LogP contribution < -0.4 is 5.32 Å². The van der Waals surface area contributed by atoms with Crippen LogP contribution in [0, 0.1) is 6.92 Å². The van der Waals surface area contributed by atoms with Crippen molar-refractivity contribution in [1.29, 1.82) is 0 Å². The van der Waals surface area contributed by atoms with E-state index in [2.05, 4.69) is 65.4 Å². The molecule has 1 aromatic carbocycles. The van der Waals surface area contributed by atoms with Crippen molar-refractivity contribution in [2.24, 2.45) is 0 Å². The molecule has 2 aromatic rings. The molecule has 0 bridgehead atoms. The highest BCUT2D eigenvalue weighted by Gasteiger charge is 2.07. The van der Waals surface area contributed by atoms with Crippen LogP contribution in [0.4, 0.5) is 0 Å². The van der Waals surface area contributed by atoms with E-state index in [1.165, 1.54) is 37.7 Å². The molecule has 23 heavy (non-hydrogen) atoms. The van der Waals surface area contributed by atoms with Crippen molar-refractivity contribution in [1.82, 2.24) is 5.32 Å². The van der Waals surface area contributed by atoms with Crippen LogP contribution in [-0.2, 0) is 6.54 Å². The summed E-state index contributed by atoms with van der Waals surface area (Å²) in [6.45, 7) is 6.23. The molecule has 0 unspecified atom stereocenters. The Morgan fingerprint density at radius 3 is 2.57 bits per heavy atom. The highest BCUT2D eigenvalue weighted by molar-refractivity contribution is 9.10. The van der Waals surface area contributed by atoms with E-state index in [-0.39, 0.29) is 12.4 Å². The second-order valence-corrected chi connectivity index (χ2v) is 6.73. The van der Waals surface area contributed by atoms with Gasteiger partial charge in [0.1, 0.15) is 11.5 Å². The highest BCUT2D eigenvalue weighted by Crippen LogP contribution is 2.27. The maximum absolute atomic E-state index is 5.96. The van der Waals surface area contributed by atoms with E-state index in [1.54, 1.807) is 0 Å². The lowest BCUT2D eigenvalue weighted by Gasteiger charge is -2.04. The van der Waals surface area contributed by atoms with Crippen LogP contribution in [-0.4, -0.2) is 6.54 Å². The van der Waals surface area contributed by atoms with Gasteiger partial charge in [-0.2, -0.15) is 0 Å². The smallest absolute Gasteiger partial charge is 0.134 e. The molecule has 2 rings (SSSR count). The van der Waals surface area contributed by atoms with Crippen molar-refractivity contribution in [3.63, 3.8) is 0 Å². The molecule has 1 N–H and O–H groups in total. The Kier molecular flexibility index (Phi) is 9.61. The van der Waals surface area contributed by atoms with Gasteiger partial charge in [-0.1, -0.05) is 48.5 Å². The number of halogens is 2. The molecule has 4 heteroatoms. The number of hydrogen-bond acceptors (Lipinski definition) is 2. The van der Waals surface area contributed by atoms with E-state index in [4.69, 9.17) is 4.42 Å². The number of hydrogen-bond donors (Lipinski definition) is 1. The molecule has 2 nitrogen and oxygen atoms in total. The Morgan fingerprint density at radius 1 is 1.04 bits per heavy atom. The quantitative estimate of drug-likeness (QED) is 0.486. The third-order valence-electron chi connectivity index (χ3n) is 3.87. The molecule has 1 aromatic heterocycles. The number of nitrogens with one attached hydrogen (secondary N) is 1. The first-order valence-corrected chi connectivity index (χ1v) is 9.06. The molecule has 0 saturated heterocycles. The molecule has 0 aliphatic heterocycles. The standard InChI is InChI=1S/C19H26BrNO.ClH/c1-3-4-5-6-7-12-21-14-17-9-11-19(22-17)18-10-8-16(20)13-15(18)2;/h8-11,13,21H,3-7,12,14H2,1-2H3;1H. The Hall–Kier alpha value is -0.770. The Bertz CT molecular complexity index is 582. The number of aryl methyl sites for hydroxylation is 1. The molecule has 1 heterocycles. The molecule has 0 saturated carbocycles. The van der Waals surface area contributed by atoms with Crippen molar-refractivity contribution in [2.75, 3.05) is 6.54 Å². The topological polar surface area (TPSA) is 25.2 Å². The van der Waals surface area contributed by atoms with Gasteiger partial charge < -0.3 is 9.73 Å². The van der Waals surface area contributed by atoms with Crippen molar-refractivity contribution >= 4 is 28.3 Å². The molecule has 0 fully saturated rings. The normalized spacial score (nSPS) is 10.6. The van der Waals surface area contributed by atoms with Crippen LogP contribution in [0.25, 0.3) is 11.3 Å². The molecule has 128 valence electrons. The minimum absolute atomic E-state index is 0. The van der Waals surface area contributed by atoms with Crippen LogP contribution in [0.1, 0.15) is 50.4 Å². The summed E-state index contributed by atoms with van der Waals surface area (Å²) in [7, 11) is 0. The third kappa shape index (κ3) is 6.70. The lowest BCUT2D eigenvalue weighted by atomic mass is 10.1. The van der Waals surface area contributed by atoms with Gasteiger partial charge in [0.2, 0.25) is 0 Å². The number of furan rings is 1. The van der Waals surface area contributed by atoms with Crippen LogP contribution in [0.3, 0.4) is 0 Å². The lowest BCUT2D eigenvalue weighted by Crippen LogP contribution is -2.14. The summed E-state index contributed by atoms with van der Waals surface area (Å²) in [5.41, 5.74) is 2.38. The van der Waals surface area contributed by atoms with Gasteiger partial charge in [0.15, 0.2) is 0 Å². The molecule has 0 radical (unpaired) electrons. The van der Waals surface area contributed by atoms with Gasteiger partial charge >= 0.3 is 0 Å². The predicted octanol–water partition coefficient (Wildman–Crippen LogP) is 6.50. The van der Waals surface area contributed by atoms with Crippen LogP contribution in [0.2, 0.25) is 0 Å². The molecular formula is C19H27BrClNO. The summed E-state index contributed by atoms with van der Waals surface area (Å²) in [5, 5.41) is 3.47. The largest absolute Gasteiger partial charge is 0.460 e. The average molecular weight is 401 g/mol. The maximum Gasteiger partial charge on any atom is 0.134 e. The zero-order chi connectivity index (χ0) is 15.8. The van der Waals surface area contributed by atoms with Gasteiger partial charge in [0, 0.05) is 10.0 Å². The second kappa shape index (κ2) is 10.9. The molecule has 0 atom stereocenters. The molecule has 0 aliphatic carbocycles. The summed E-state index contributed by atoms with van der Waals surface area (Å²) in [4.78, 5) is 0. The Labute approximate surface area is 154 Å². The van der Waals surface area contributed by atoms with Crippen molar-refractivity contribution in [3.8, 4) is 11.3 Å². The third-order valence-corrected chi connectivity index (χ3v) is 4.37. The number of unbranched alkanes of at least 4 members (excludes halogenated alkanes) is 4. The van der Waals surface area contributed by atoms with E-state index in [0.717, 1.165) is 34.6 Å². The van der Waals surface area contributed by atoms with E-state index in [0.29, 0.717) is 0 Å². The van der Waals surface area contributed by atoms with E-state index in [9.17, 15) is 0 Å². The van der Waals surface area contributed by atoms with Crippen molar-refractivity contribution in [3.05, 3.63) is 46.1 Å². The first-order chi connectivity index (χ1) is 10.7. The fourth-order valence-corrected chi connectivity index (χ4v) is 3.06. The van der Waals surface area contributed by atoms with Gasteiger partial charge in [-0.25, -0.2) is 0 Å². The van der Waals surface area contributed by atoms with E-state index in [1.807, 2.05) is 0 Å². The van der Waals surface area contributed by atoms with Crippen molar-refractivity contribution < 1.29 is 4.42 Å². The zero-order valence-electron chi connectivity index (χ0n) is 14.0. The first kappa shape index (κ1) is 20.3. The minimum Gasteiger partial charge on any atom is -0.460 e. The van der Waals surface area contributed by atoms with Crippen molar-refractivity contribution in [2.45, 2.75) is 52.5 Å². The SMILES string of the molecule is CCCCCCCNCc1ccc(-c2ccc(Br)cc2C)o1.Cl. The Balaban J connectivity index is 0.00000264. The van der Waals surface area contributed by atoms with Gasteiger partial charge in [0.05, 0.1) is 6.54 Å².